The zero-order valence-corrected chi connectivity index (χ0v) is 13.5. The van der Waals surface area contributed by atoms with Crippen LogP contribution in [0, 0.1) is 0 Å². The molecular weight excluding hydrogens is 342 g/mol. The summed E-state index contributed by atoms with van der Waals surface area (Å²) in [6.07, 6.45) is -2.22. The summed E-state index contributed by atoms with van der Waals surface area (Å²) >= 11 is 5.82. The Morgan fingerprint density at radius 3 is 2.67 bits per heavy atom. The lowest BCUT2D eigenvalue weighted by Crippen LogP contribution is -2.58. The fourth-order valence-electron chi connectivity index (χ4n) is 2.43. The van der Waals surface area contributed by atoms with Crippen LogP contribution in [0.15, 0.2) is 28.7 Å². The molecule has 1 aliphatic rings. The van der Waals surface area contributed by atoms with Gasteiger partial charge in [-0.1, -0.05) is 16.7 Å². The molecule has 1 aromatic heterocycles. The van der Waals surface area contributed by atoms with Gasteiger partial charge in [0.25, 0.3) is 6.43 Å². The molecule has 0 unspecified atom stereocenters. The van der Waals surface area contributed by atoms with Gasteiger partial charge in [-0.3, -0.25) is 4.79 Å². The van der Waals surface area contributed by atoms with E-state index >= 15 is 0 Å². The van der Waals surface area contributed by atoms with Gasteiger partial charge in [-0.15, -0.1) is 5.10 Å². The summed E-state index contributed by atoms with van der Waals surface area (Å²) in [5, 5.41) is 11.0. The Kier molecular flexibility index (Phi) is 4.66. The van der Waals surface area contributed by atoms with Gasteiger partial charge in [0.15, 0.2) is 0 Å². The van der Waals surface area contributed by atoms with Gasteiger partial charge in [-0.2, -0.15) is 0 Å². The van der Waals surface area contributed by atoms with Gasteiger partial charge >= 0.3 is 6.01 Å². The van der Waals surface area contributed by atoms with Gasteiger partial charge < -0.3 is 14.6 Å². The summed E-state index contributed by atoms with van der Waals surface area (Å²) in [4.78, 5) is 13.3. The molecule has 1 amide bonds. The molecule has 128 valence electrons. The maximum absolute atomic E-state index is 12.7. The van der Waals surface area contributed by atoms with Gasteiger partial charge in [0.2, 0.25) is 11.8 Å². The van der Waals surface area contributed by atoms with Gasteiger partial charge in [0.05, 0.1) is 6.04 Å². The molecule has 1 saturated heterocycles. The largest absolute Gasteiger partial charge is 0.403 e. The second-order valence-corrected chi connectivity index (χ2v) is 5.94. The third kappa shape index (κ3) is 3.33. The molecule has 0 radical (unpaired) electrons. The smallest absolute Gasteiger partial charge is 0.316 e. The first-order chi connectivity index (χ1) is 11.5. The van der Waals surface area contributed by atoms with E-state index in [1.807, 2.05) is 0 Å². The van der Waals surface area contributed by atoms with E-state index < -0.39 is 24.4 Å². The van der Waals surface area contributed by atoms with E-state index in [4.69, 9.17) is 16.0 Å². The summed E-state index contributed by atoms with van der Waals surface area (Å²) in [6, 6.07) is 5.13. The van der Waals surface area contributed by atoms with E-state index in [-0.39, 0.29) is 11.9 Å². The SMILES string of the molecule is C[C@@H](Nc1nnc(-c2ccc(Cl)cc2)o1)C(=O)N1CC[C@@H]1C(F)F. The topological polar surface area (TPSA) is 71.3 Å². The third-order valence-electron chi connectivity index (χ3n) is 3.87. The Bertz CT molecular complexity index is 723. The first-order valence-electron chi connectivity index (χ1n) is 7.40. The molecule has 0 aliphatic carbocycles. The molecule has 1 N–H and O–H groups in total. The first kappa shape index (κ1) is 16.6. The highest BCUT2D eigenvalue weighted by Gasteiger charge is 2.40. The molecule has 2 aromatic rings. The number of aromatic nitrogens is 2. The van der Waals surface area contributed by atoms with Crippen molar-refractivity contribution in [1.29, 1.82) is 0 Å². The highest BCUT2D eigenvalue weighted by molar-refractivity contribution is 6.30. The van der Waals surface area contributed by atoms with Gasteiger partial charge in [0.1, 0.15) is 6.04 Å². The molecule has 2 heterocycles. The first-order valence-corrected chi connectivity index (χ1v) is 7.78. The Balaban J connectivity index is 1.64. The molecule has 24 heavy (non-hydrogen) atoms. The summed E-state index contributed by atoms with van der Waals surface area (Å²) in [5.74, 6) is -0.152. The monoisotopic (exact) mass is 356 g/mol. The van der Waals surface area contributed by atoms with Crippen LogP contribution in [-0.4, -0.2) is 46.1 Å². The maximum atomic E-state index is 12.7. The van der Waals surface area contributed by atoms with E-state index in [9.17, 15) is 13.6 Å². The Morgan fingerprint density at radius 2 is 2.08 bits per heavy atom. The van der Waals surface area contributed by atoms with Crippen LogP contribution in [-0.2, 0) is 4.79 Å². The molecule has 6 nitrogen and oxygen atoms in total. The van der Waals surface area contributed by atoms with Crippen molar-refractivity contribution in [1.82, 2.24) is 15.1 Å². The summed E-state index contributed by atoms with van der Waals surface area (Å²) < 4.78 is 30.9. The van der Waals surface area contributed by atoms with Crippen molar-refractivity contribution in [3.05, 3.63) is 29.3 Å². The zero-order chi connectivity index (χ0) is 17.3. The van der Waals surface area contributed by atoms with Crippen molar-refractivity contribution in [2.24, 2.45) is 0 Å². The number of carbonyl (C=O) groups is 1. The number of halogens is 3. The molecule has 1 fully saturated rings. The second kappa shape index (κ2) is 6.72. The third-order valence-corrected chi connectivity index (χ3v) is 4.12. The number of rotatable bonds is 5. The highest BCUT2D eigenvalue weighted by Crippen LogP contribution is 2.25. The highest BCUT2D eigenvalue weighted by atomic mass is 35.5. The van der Waals surface area contributed by atoms with E-state index in [1.165, 1.54) is 4.90 Å². The maximum Gasteiger partial charge on any atom is 0.316 e. The predicted molar refractivity (Wildman–Crippen MR) is 84.0 cm³/mol. The average Bonchev–Trinajstić information content (AvgIpc) is 2.94. The van der Waals surface area contributed by atoms with Crippen molar-refractivity contribution >= 4 is 23.5 Å². The van der Waals surface area contributed by atoms with Crippen LogP contribution in [0.4, 0.5) is 14.8 Å². The predicted octanol–water partition coefficient (Wildman–Crippen LogP) is 3.06. The number of hydrogen-bond donors (Lipinski definition) is 1. The molecule has 1 aliphatic heterocycles. The minimum absolute atomic E-state index is 0.0509. The number of alkyl halides is 2. The van der Waals surface area contributed by atoms with Gasteiger partial charge in [0, 0.05) is 17.1 Å². The quantitative estimate of drug-likeness (QED) is 0.891. The summed E-state index contributed by atoms with van der Waals surface area (Å²) in [7, 11) is 0. The lowest BCUT2D eigenvalue weighted by molar-refractivity contribution is -0.146. The van der Waals surface area contributed by atoms with Crippen LogP contribution in [0.3, 0.4) is 0 Å². The number of hydrogen-bond acceptors (Lipinski definition) is 5. The molecule has 0 bridgehead atoms. The summed E-state index contributed by atoms with van der Waals surface area (Å²) in [5.41, 5.74) is 0.680. The average molecular weight is 357 g/mol. The lowest BCUT2D eigenvalue weighted by Gasteiger charge is -2.41. The van der Waals surface area contributed by atoms with Crippen LogP contribution in [0.2, 0.25) is 5.02 Å². The molecular formula is C15H15ClF2N4O2. The Labute approximate surface area is 141 Å². The zero-order valence-electron chi connectivity index (χ0n) is 12.7. The van der Waals surface area contributed by atoms with Crippen molar-refractivity contribution in [2.45, 2.75) is 31.9 Å². The van der Waals surface area contributed by atoms with Crippen molar-refractivity contribution in [2.75, 3.05) is 11.9 Å². The van der Waals surface area contributed by atoms with E-state index in [1.54, 1.807) is 31.2 Å². The molecule has 9 heteroatoms. The van der Waals surface area contributed by atoms with Gasteiger partial charge in [-0.05, 0) is 37.6 Å². The molecule has 2 atom stereocenters. The second-order valence-electron chi connectivity index (χ2n) is 5.51. The minimum atomic E-state index is -2.53. The molecule has 0 spiro atoms. The van der Waals surface area contributed by atoms with E-state index in [2.05, 4.69) is 15.5 Å². The van der Waals surface area contributed by atoms with Crippen LogP contribution < -0.4 is 5.32 Å². The molecule has 1 aromatic carbocycles. The minimum Gasteiger partial charge on any atom is -0.403 e. The number of benzene rings is 1. The standard InChI is InChI=1S/C15H15ClF2N4O2/c1-8(14(23)22-7-6-11(22)12(17)18)19-15-21-20-13(24-15)9-2-4-10(16)5-3-9/h2-5,8,11-12H,6-7H2,1H3,(H,19,21)/t8-,11-/m1/s1. The van der Waals surface area contributed by atoms with Crippen LogP contribution in [0.25, 0.3) is 11.5 Å². The van der Waals surface area contributed by atoms with Crippen molar-refractivity contribution in [3.8, 4) is 11.5 Å². The van der Waals surface area contributed by atoms with Crippen LogP contribution in [0.5, 0.6) is 0 Å². The fourth-order valence-corrected chi connectivity index (χ4v) is 2.56. The molecule has 0 saturated carbocycles. The number of carbonyl (C=O) groups excluding carboxylic acids is 1. The van der Waals surface area contributed by atoms with Crippen LogP contribution in [0.1, 0.15) is 13.3 Å². The molecule has 3 rings (SSSR count). The Morgan fingerprint density at radius 1 is 1.38 bits per heavy atom. The van der Waals surface area contributed by atoms with Gasteiger partial charge in [-0.25, -0.2) is 8.78 Å². The summed E-state index contributed by atoms with van der Waals surface area (Å²) in [6.45, 7) is 1.90. The van der Waals surface area contributed by atoms with Crippen LogP contribution >= 0.6 is 11.6 Å². The normalized spacial score (nSPS) is 18.4. The Hall–Kier alpha value is -2.22. The fraction of sp³-hybridized carbons (Fsp3) is 0.400. The number of anilines is 1. The van der Waals surface area contributed by atoms with E-state index in [0.717, 1.165) is 0 Å². The number of nitrogens with one attached hydrogen (secondary N) is 1. The van der Waals surface area contributed by atoms with Crippen molar-refractivity contribution < 1.29 is 18.0 Å². The number of amides is 1. The lowest BCUT2D eigenvalue weighted by atomic mass is 10.0. The van der Waals surface area contributed by atoms with E-state index in [0.29, 0.717) is 23.6 Å². The van der Waals surface area contributed by atoms with Crippen molar-refractivity contribution in [3.63, 3.8) is 0 Å². The number of nitrogens with zero attached hydrogens (tertiary/aromatic N) is 3. The number of likely N-dealkylation sites (tertiary alicyclic amines) is 1.